The summed E-state index contributed by atoms with van der Waals surface area (Å²) in [7, 11) is -2.58. The number of halogens is 1. The number of ether oxygens (including phenoxy) is 2. The van der Waals surface area contributed by atoms with Crippen LogP contribution in [0.15, 0.2) is 65.8 Å². The molecule has 0 radical (unpaired) electrons. The van der Waals surface area contributed by atoms with Crippen LogP contribution in [0.4, 0.5) is 16.0 Å². The van der Waals surface area contributed by atoms with Crippen LogP contribution in [0, 0.1) is 5.82 Å². The van der Waals surface area contributed by atoms with Crippen LogP contribution in [0.3, 0.4) is 0 Å². The van der Waals surface area contributed by atoms with Crippen LogP contribution < -0.4 is 14.8 Å². The topological polar surface area (TPSA) is 137 Å². The zero-order chi connectivity index (χ0) is 24.0. The summed E-state index contributed by atoms with van der Waals surface area (Å²) in [5.41, 5.74) is -0.0895. The van der Waals surface area contributed by atoms with Gasteiger partial charge in [0.05, 0.1) is 17.6 Å². The third-order valence-electron chi connectivity index (χ3n) is 4.27. The van der Waals surface area contributed by atoms with Gasteiger partial charge in [0.25, 0.3) is 15.9 Å². The van der Waals surface area contributed by atoms with E-state index in [1.54, 1.807) is 6.07 Å². The second-order valence-electron chi connectivity index (χ2n) is 6.58. The minimum absolute atomic E-state index is 0.0811. The van der Waals surface area contributed by atoms with Crippen molar-refractivity contribution in [3.05, 3.63) is 72.3 Å². The van der Waals surface area contributed by atoms with E-state index in [4.69, 9.17) is 9.47 Å². The predicted molar refractivity (Wildman–Crippen MR) is 116 cm³/mol. The molecule has 33 heavy (non-hydrogen) atoms. The van der Waals surface area contributed by atoms with Gasteiger partial charge in [-0.3, -0.25) is 4.79 Å². The lowest BCUT2D eigenvalue weighted by Crippen LogP contribution is -2.30. The third-order valence-corrected chi connectivity index (χ3v) is 5.62. The Kier molecular flexibility index (Phi) is 7.18. The molecule has 0 spiro atoms. The Morgan fingerprint density at radius 2 is 1.73 bits per heavy atom. The van der Waals surface area contributed by atoms with Crippen molar-refractivity contribution in [2.24, 2.45) is 0 Å². The van der Waals surface area contributed by atoms with E-state index >= 15 is 0 Å². The number of aromatic nitrogens is 2. The smallest absolute Gasteiger partial charge is 0.341 e. The van der Waals surface area contributed by atoms with Gasteiger partial charge in [0.15, 0.2) is 6.10 Å². The molecule has 0 aliphatic heterocycles. The lowest BCUT2D eigenvalue weighted by molar-refractivity contribution is -0.123. The molecule has 1 atom stereocenters. The Bertz CT molecular complexity index is 1250. The Balaban J connectivity index is 1.61. The second kappa shape index (κ2) is 10.0. The van der Waals surface area contributed by atoms with Gasteiger partial charge in [-0.2, -0.15) is 0 Å². The summed E-state index contributed by atoms with van der Waals surface area (Å²) in [6.07, 6.45) is 1.53. The van der Waals surface area contributed by atoms with Crippen LogP contribution in [-0.4, -0.2) is 43.5 Å². The molecule has 3 rings (SSSR count). The maximum absolute atomic E-state index is 14.0. The highest BCUT2D eigenvalue weighted by atomic mass is 32.2. The molecule has 3 aromatic rings. The summed E-state index contributed by atoms with van der Waals surface area (Å²) in [4.78, 5) is 32.0. The molecule has 0 bridgehead atoms. The number of anilines is 2. The summed E-state index contributed by atoms with van der Waals surface area (Å²) >= 11 is 0. The van der Waals surface area contributed by atoms with Crippen molar-refractivity contribution in [3.63, 3.8) is 0 Å². The minimum atomic E-state index is -3.93. The number of nitrogens with one attached hydrogen (secondary N) is 2. The van der Waals surface area contributed by atoms with E-state index in [1.807, 2.05) is 0 Å². The van der Waals surface area contributed by atoms with Gasteiger partial charge in [0.2, 0.25) is 5.95 Å². The molecule has 2 aromatic carbocycles. The molecule has 12 heteroatoms. The van der Waals surface area contributed by atoms with E-state index in [0.717, 1.165) is 6.07 Å². The fourth-order valence-corrected chi connectivity index (χ4v) is 3.52. The van der Waals surface area contributed by atoms with Gasteiger partial charge in [-0.05, 0) is 49.4 Å². The predicted octanol–water partition coefficient (Wildman–Crippen LogP) is 2.61. The van der Waals surface area contributed by atoms with Crippen LogP contribution in [0.1, 0.15) is 17.3 Å². The minimum Gasteiger partial charge on any atom is -0.497 e. The first-order chi connectivity index (χ1) is 15.7. The van der Waals surface area contributed by atoms with Gasteiger partial charge in [-0.25, -0.2) is 32.3 Å². The van der Waals surface area contributed by atoms with Crippen LogP contribution in [0.5, 0.6) is 5.75 Å². The number of sulfonamides is 1. The largest absolute Gasteiger partial charge is 0.497 e. The molecule has 1 heterocycles. The van der Waals surface area contributed by atoms with Gasteiger partial charge in [-0.1, -0.05) is 0 Å². The molecule has 0 saturated carbocycles. The number of methoxy groups -OCH3 is 1. The van der Waals surface area contributed by atoms with Gasteiger partial charge >= 0.3 is 5.97 Å². The van der Waals surface area contributed by atoms with Crippen molar-refractivity contribution in [1.82, 2.24) is 9.97 Å². The van der Waals surface area contributed by atoms with Crippen molar-refractivity contribution in [3.8, 4) is 5.75 Å². The number of benzene rings is 2. The average Bonchev–Trinajstić information content (AvgIpc) is 2.79. The molecule has 2 N–H and O–H groups in total. The maximum atomic E-state index is 14.0. The zero-order valence-corrected chi connectivity index (χ0v) is 18.3. The molecular formula is C21H19FN4O6S. The van der Waals surface area contributed by atoms with Gasteiger partial charge in [-0.15, -0.1) is 0 Å². The number of carbonyl (C=O) groups excluding carboxylic acids is 2. The molecule has 0 saturated heterocycles. The Morgan fingerprint density at radius 3 is 2.33 bits per heavy atom. The third kappa shape index (κ3) is 6.01. The van der Waals surface area contributed by atoms with Crippen LogP contribution in [-0.2, 0) is 19.6 Å². The normalized spacial score (nSPS) is 11.8. The summed E-state index contributed by atoms with van der Waals surface area (Å²) in [6.45, 7) is 1.32. The van der Waals surface area contributed by atoms with E-state index in [2.05, 4.69) is 20.0 Å². The number of amides is 1. The van der Waals surface area contributed by atoms with Crippen molar-refractivity contribution >= 4 is 33.5 Å². The van der Waals surface area contributed by atoms with Crippen LogP contribution in [0.25, 0.3) is 0 Å². The monoisotopic (exact) mass is 474 g/mol. The van der Waals surface area contributed by atoms with Gasteiger partial charge < -0.3 is 14.8 Å². The highest BCUT2D eigenvalue weighted by molar-refractivity contribution is 7.92. The summed E-state index contributed by atoms with van der Waals surface area (Å²) in [5, 5.41) is 2.49. The second-order valence-corrected chi connectivity index (χ2v) is 8.27. The first kappa shape index (κ1) is 23.6. The van der Waals surface area contributed by atoms with Crippen molar-refractivity contribution < 1.29 is 31.9 Å². The van der Waals surface area contributed by atoms with E-state index < -0.39 is 33.8 Å². The fourth-order valence-electron chi connectivity index (χ4n) is 2.56. The number of rotatable bonds is 8. The molecule has 0 unspecified atom stereocenters. The van der Waals surface area contributed by atoms with Gasteiger partial charge in [0.1, 0.15) is 11.6 Å². The molecular weight excluding hydrogens is 455 g/mol. The zero-order valence-electron chi connectivity index (χ0n) is 17.5. The highest BCUT2D eigenvalue weighted by Gasteiger charge is 2.22. The quantitative estimate of drug-likeness (QED) is 0.476. The first-order valence-corrected chi connectivity index (χ1v) is 10.9. The first-order valence-electron chi connectivity index (χ1n) is 9.45. The van der Waals surface area contributed by atoms with Crippen LogP contribution >= 0.6 is 0 Å². The SMILES string of the molecule is COc1ccc(C(=O)O[C@H](C)C(=O)Nc2ccc(S(=O)(=O)Nc3ncccn3)cc2)c(F)c1. The lowest BCUT2D eigenvalue weighted by Gasteiger charge is -2.14. The van der Waals surface area contributed by atoms with E-state index in [0.29, 0.717) is 0 Å². The highest BCUT2D eigenvalue weighted by Crippen LogP contribution is 2.19. The lowest BCUT2D eigenvalue weighted by atomic mass is 10.2. The molecule has 0 aliphatic rings. The Hall–Kier alpha value is -4.06. The fraction of sp³-hybridized carbons (Fsp3) is 0.143. The number of nitrogens with zero attached hydrogens (tertiary/aromatic N) is 2. The van der Waals surface area contributed by atoms with Crippen molar-refractivity contribution in [2.45, 2.75) is 17.9 Å². The summed E-state index contributed by atoms with van der Waals surface area (Å²) < 4.78 is 50.9. The summed E-state index contributed by atoms with van der Waals surface area (Å²) in [5.74, 6) is -2.42. The summed E-state index contributed by atoms with van der Waals surface area (Å²) in [6, 6.07) is 10.4. The average molecular weight is 474 g/mol. The van der Waals surface area contributed by atoms with E-state index in [1.165, 1.54) is 62.8 Å². The van der Waals surface area contributed by atoms with Crippen LogP contribution in [0.2, 0.25) is 0 Å². The number of carbonyl (C=O) groups is 2. The Labute approximate surface area is 188 Å². The van der Waals surface area contributed by atoms with Crippen molar-refractivity contribution in [2.75, 3.05) is 17.1 Å². The molecule has 10 nitrogen and oxygen atoms in total. The molecule has 172 valence electrons. The van der Waals surface area contributed by atoms with Gasteiger partial charge in [0, 0.05) is 24.1 Å². The number of hydrogen-bond acceptors (Lipinski definition) is 8. The number of hydrogen-bond donors (Lipinski definition) is 2. The Morgan fingerprint density at radius 1 is 1.06 bits per heavy atom. The number of esters is 1. The maximum Gasteiger partial charge on any atom is 0.341 e. The van der Waals surface area contributed by atoms with Crippen molar-refractivity contribution in [1.29, 1.82) is 0 Å². The molecule has 1 aromatic heterocycles. The van der Waals surface area contributed by atoms with E-state index in [-0.39, 0.29) is 27.8 Å². The standard InChI is InChI=1S/C21H19FN4O6S/c1-13(32-20(28)17-9-6-15(31-2)12-18(17)22)19(27)25-14-4-7-16(8-5-14)33(29,30)26-21-23-10-3-11-24-21/h3-13H,1-2H3,(H,25,27)(H,23,24,26)/t13-/m1/s1. The van der Waals surface area contributed by atoms with E-state index in [9.17, 15) is 22.4 Å². The molecule has 0 aliphatic carbocycles. The molecule has 1 amide bonds. The molecule has 0 fully saturated rings.